The molecular weight excluding hydrogens is 450 g/mol. The van der Waals surface area contributed by atoms with Crippen LogP contribution < -0.4 is 0 Å². The van der Waals surface area contributed by atoms with E-state index in [4.69, 9.17) is 9.97 Å². The maximum Gasteiger partial charge on any atom is 0.139 e. The van der Waals surface area contributed by atoms with Crippen LogP contribution in [0.25, 0.3) is 60.4 Å². The van der Waals surface area contributed by atoms with Gasteiger partial charge in [-0.15, -0.1) is 0 Å². The van der Waals surface area contributed by atoms with Gasteiger partial charge in [0.25, 0.3) is 0 Å². The number of para-hydroxylation sites is 2. The summed E-state index contributed by atoms with van der Waals surface area (Å²) in [4.78, 5) is 10.3. The molecule has 2 aromatic heterocycles. The molecule has 8 rings (SSSR count). The molecule has 0 saturated carbocycles. The predicted octanol–water partition coefficient (Wildman–Crippen LogP) is 8.58. The minimum absolute atomic E-state index is 0.220. The Bertz CT molecular complexity index is 2010. The number of hydrogen-bond acceptors (Lipinski definition) is 2. The van der Waals surface area contributed by atoms with Gasteiger partial charge in [-0.25, -0.2) is 9.97 Å². The molecule has 0 fully saturated rings. The molecule has 1 atom stereocenters. The summed E-state index contributed by atoms with van der Waals surface area (Å²) in [7, 11) is 0. The molecule has 0 saturated heterocycles. The molecular formula is C34H23N3. The van der Waals surface area contributed by atoms with Crippen LogP contribution in [0.4, 0.5) is 0 Å². The Morgan fingerprint density at radius 3 is 2.30 bits per heavy atom. The Kier molecular flexibility index (Phi) is 4.35. The third kappa shape index (κ3) is 3.07. The molecule has 174 valence electrons. The lowest BCUT2D eigenvalue weighted by Gasteiger charge is -2.17. The zero-order valence-corrected chi connectivity index (χ0v) is 20.2. The van der Waals surface area contributed by atoms with E-state index in [-0.39, 0.29) is 5.92 Å². The first-order valence-corrected chi connectivity index (χ1v) is 12.8. The van der Waals surface area contributed by atoms with E-state index in [1.165, 1.54) is 32.3 Å². The number of hydrogen-bond donors (Lipinski definition) is 0. The molecule has 1 aliphatic carbocycles. The van der Waals surface area contributed by atoms with E-state index in [1.807, 2.05) is 0 Å². The van der Waals surface area contributed by atoms with Crippen LogP contribution in [-0.2, 0) is 0 Å². The van der Waals surface area contributed by atoms with Gasteiger partial charge in [0.1, 0.15) is 11.6 Å². The quantitative estimate of drug-likeness (QED) is 0.241. The minimum atomic E-state index is 0.220. The fourth-order valence-electron chi connectivity index (χ4n) is 5.96. The summed E-state index contributed by atoms with van der Waals surface area (Å²) in [5, 5.41) is 7.70. The molecule has 0 amide bonds. The number of pyridine rings is 1. The smallest absolute Gasteiger partial charge is 0.139 e. The Labute approximate surface area is 214 Å². The average molecular weight is 474 g/mol. The summed E-state index contributed by atoms with van der Waals surface area (Å²) >= 11 is 0. The van der Waals surface area contributed by atoms with Gasteiger partial charge in [-0.3, -0.25) is 4.57 Å². The van der Waals surface area contributed by atoms with Gasteiger partial charge in [-0.1, -0.05) is 97.1 Å². The highest BCUT2D eigenvalue weighted by Crippen LogP contribution is 2.39. The molecule has 3 nitrogen and oxygen atoms in total. The summed E-state index contributed by atoms with van der Waals surface area (Å²) in [6, 6.07) is 34.6. The first-order valence-electron chi connectivity index (χ1n) is 12.8. The van der Waals surface area contributed by atoms with Gasteiger partial charge in [0.15, 0.2) is 0 Å². The number of allylic oxidation sites excluding steroid dienone is 4. The van der Waals surface area contributed by atoms with E-state index < -0.39 is 0 Å². The van der Waals surface area contributed by atoms with E-state index in [1.54, 1.807) is 0 Å². The zero-order valence-electron chi connectivity index (χ0n) is 20.2. The summed E-state index contributed by atoms with van der Waals surface area (Å²) in [6.07, 6.45) is 9.61. The number of aromatic nitrogens is 3. The number of benzene rings is 5. The van der Waals surface area contributed by atoms with E-state index in [2.05, 4.69) is 126 Å². The molecule has 3 heteroatoms. The Morgan fingerprint density at radius 1 is 0.649 bits per heavy atom. The van der Waals surface area contributed by atoms with Crippen molar-refractivity contribution in [3.05, 3.63) is 127 Å². The molecule has 5 aromatic carbocycles. The van der Waals surface area contributed by atoms with E-state index in [0.29, 0.717) is 0 Å². The molecule has 7 aromatic rings. The van der Waals surface area contributed by atoms with Crippen molar-refractivity contribution in [3.8, 4) is 17.1 Å². The number of nitrogens with zero attached hydrogens (tertiary/aromatic N) is 3. The van der Waals surface area contributed by atoms with Crippen molar-refractivity contribution >= 4 is 43.4 Å². The van der Waals surface area contributed by atoms with Gasteiger partial charge in [-0.05, 0) is 63.0 Å². The summed E-state index contributed by atoms with van der Waals surface area (Å²) in [5.74, 6) is 2.15. The third-order valence-corrected chi connectivity index (χ3v) is 7.67. The standard InChI is InChI=1S/C34H23N3/c1-2-8-25(9-3-1)34-36-29-12-4-5-14-30(29)37(34)31-15-7-13-28(35-31)26-20-18-24-17-16-22-10-6-11-23-19-21-27(26)33(24)32(22)23/h1-8,10-21,25H,9H2. The maximum atomic E-state index is 5.25. The van der Waals surface area contributed by atoms with Crippen LogP contribution in [0.5, 0.6) is 0 Å². The van der Waals surface area contributed by atoms with E-state index in [9.17, 15) is 0 Å². The van der Waals surface area contributed by atoms with Gasteiger partial charge in [0, 0.05) is 11.5 Å². The molecule has 37 heavy (non-hydrogen) atoms. The zero-order chi connectivity index (χ0) is 24.3. The van der Waals surface area contributed by atoms with Gasteiger partial charge in [0.2, 0.25) is 0 Å². The molecule has 0 spiro atoms. The summed E-state index contributed by atoms with van der Waals surface area (Å²) in [5.41, 5.74) is 4.20. The predicted molar refractivity (Wildman–Crippen MR) is 154 cm³/mol. The monoisotopic (exact) mass is 473 g/mol. The largest absolute Gasteiger partial charge is 0.280 e. The van der Waals surface area contributed by atoms with Crippen molar-refractivity contribution in [1.82, 2.24) is 14.5 Å². The van der Waals surface area contributed by atoms with Crippen LogP contribution in [0.2, 0.25) is 0 Å². The second-order valence-electron chi connectivity index (χ2n) is 9.80. The fraction of sp³-hybridized carbons (Fsp3) is 0.0588. The van der Waals surface area contributed by atoms with Crippen molar-refractivity contribution in [3.63, 3.8) is 0 Å². The van der Waals surface area contributed by atoms with Gasteiger partial charge in [-0.2, -0.15) is 0 Å². The second kappa shape index (κ2) is 7.87. The molecule has 0 radical (unpaired) electrons. The Morgan fingerprint density at radius 2 is 1.43 bits per heavy atom. The highest BCUT2D eigenvalue weighted by Gasteiger charge is 2.21. The lowest BCUT2D eigenvalue weighted by atomic mass is 9.91. The average Bonchev–Trinajstić information content (AvgIpc) is 3.36. The van der Waals surface area contributed by atoms with Crippen molar-refractivity contribution in [2.24, 2.45) is 0 Å². The molecule has 1 unspecified atom stereocenters. The SMILES string of the molecule is C1=CCC(c2nc3ccccc3n2-c2cccc(-c3ccc4ccc5cccc6ccc3c4c56)n2)C=C1. The molecule has 0 aliphatic heterocycles. The Balaban J connectivity index is 1.36. The van der Waals surface area contributed by atoms with Crippen LogP contribution in [0.15, 0.2) is 121 Å². The molecule has 2 heterocycles. The third-order valence-electron chi connectivity index (χ3n) is 7.67. The maximum absolute atomic E-state index is 5.25. The molecule has 0 bridgehead atoms. The lowest BCUT2D eigenvalue weighted by molar-refractivity contribution is 0.752. The van der Waals surface area contributed by atoms with Crippen LogP contribution in [-0.4, -0.2) is 14.5 Å². The number of rotatable bonds is 3. The first-order chi connectivity index (χ1) is 18.3. The van der Waals surface area contributed by atoms with Crippen molar-refractivity contribution in [2.75, 3.05) is 0 Å². The molecule has 0 N–H and O–H groups in total. The normalized spacial score (nSPS) is 15.5. The number of imidazole rings is 1. The van der Waals surface area contributed by atoms with Gasteiger partial charge < -0.3 is 0 Å². The second-order valence-corrected chi connectivity index (χ2v) is 9.80. The topological polar surface area (TPSA) is 30.7 Å². The van der Waals surface area contributed by atoms with Crippen LogP contribution in [0.3, 0.4) is 0 Å². The number of fused-ring (bicyclic) bond motifs is 1. The van der Waals surface area contributed by atoms with Crippen molar-refractivity contribution < 1.29 is 0 Å². The van der Waals surface area contributed by atoms with Crippen LogP contribution in [0.1, 0.15) is 18.2 Å². The minimum Gasteiger partial charge on any atom is -0.280 e. The molecule has 1 aliphatic rings. The summed E-state index contributed by atoms with van der Waals surface area (Å²) < 4.78 is 2.24. The van der Waals surface area contributed by atoms with Crippen molar-refractivity contribution in [1.29, 1.82) is 0 Å². The van der Waals surface area contributed by atoms with Crippen molar-refractivity contribution in [2.45, 2.75) is 12.3 Å². The highest BCUT2D eigenvalue weighted by molar-refractivity contribution is 6.25. The van der Waals surface area contributed by atoms with Gasteiger partial charge >= 0.3 is 0 Å². The Hall–Kier alpha value is -4.76. The first kappa shape index (κ1) is 20.4. The highest BCUT2D eigenvalue weighted by atomic mass is 15.1. The van der Waals surface area contributed by atoms with Crippen LogP contribution >= 0.6 is 0 Å². The van der Waals surface area contributed by atoms with E-state index >= 15 is 0 Å². The van der Waals surface area contributed by atoms with E-state index in [0.717, 1.165) is 40.4 Å². The van der Waals surface area contributed by atoms with Gasteiger partial charge in [0.05, 0.1) is 16.7 Å². The summed E-state index contributed by atoms with van der Waals surface area (Å²) in [6.45, 7) is 0. The van der Waals surface area contributed by atoms with Crippen LogP contribution in [0, 0.1) is 0 Å². The lowest BCUT2D eigenvalue weighted by Crippen LogP contribution is -2.08. The fourth-order valence-corrected chi connectivity index (χ4v) is 5.96.